The molecule has 3 N–H and O–H groups in total. The highest BCUT2D eigenvalue weighted by molar-refractivity contribution is 9.10. The van der Waals surface area contributed by atoms with Crippen LogP contribution in [0.5, 0.6) is 5.75 Å². The summed E-state index contributed by atoms with van der Waals surface area (Å²) in [6.07, 6.45) is 0. The first-order chi connectivity index (χ1) is 9.55. The lowest BCUT2D eigenvalue weighted by Gasteiger charge is -2.20. The fourth-order valence-corrected chi connectivity index (χ4v) is 3.03. The van der Waals surface area contributed by atoms with Crippen LogP contribution < -0.4 is 16.0 Å². The van der Waals surface area contributed by atoms with Crippen LogP contribution in [0.3, 0.4) is 0 Å². The molecule has 0 aliphatic rings. The van der Waals surface area contributed by atoms with Gasteiger partial charge in [-0.2, -0.15) is 0 Å². The van der Waals surface area contributed by atoms with Crippen molar-refractivity contribution >= 4 is 27.5 Å². The molecule has 106 valence electrons. The molecule has 0 saturated heterocycles. The van der Waals surface area contributed by atoms with E-state index in [0.29, 0.717) is 5.02 Å². The predicted octanol–water partition coefficient (Wildman–Crippen LogP) is 3.97. The van der Waals surface area contributed by atoms with Crippen molar-refractivity contribution in [3.05, 3.63) is 62.6 Å². The first-order valence-electron chi connectivity index (χ1n) is 6.12. The van der Waals surface area contributed by atoms with Crippen LogP contribution in [0.25, 0.3) is 0 Å². The first kappa shape index (κ1) is 15.3. The normalized spacial score (nSPS) is 12.2. The molecule has 0 radical (unpaired) electrons. The molecule has 5 heteroatoms. The van der Waals surface area contributed by atoms with Crippen LogP contribution in [0.15, 0.2) is 40.9 Å². The topological polar surface area (TPSA) is 47.3 Å². The summed E-state index contributed by atoms with van der Waals surface area (Å²) in [5.41, 5.74) is 5.92. The molecule has 0 aromatic heterocycles. The summed E-state index contributed by atoms with van der Waals surface area (Å²) in [4.78, 5) is 0. The van der Waals surface area contributed by atoms with E-state index in [1.54, 1.807) is 13.2 Å². The number of hydrazine groups is 1. The van der Waals surface area contributed by atoms with Crippen molar-refractivity contribution in [1.82, 2.24) is 5.43 Å². The van der Waals surface area contributed by atoms with E-state index in [4.69, 9.17) is 22.2 Å². The van der Waals surface area contributed by atoms with E-state index in [9.17, 15) is 0 Å². The number of ether oxygens (including phenoxy) is 1. The lowest BCUT2D eigenvalue weighted by atomic mass is 9.97. The highest BCUT2D eigenvalue weighted by atomic mass is 79.9. The molecular weight excluding hydrogens is 340 g/mol. The van der Waals surface area contributed by atoms with Gasteiger partial charge in [-0.15, -0.1) is 0 Å². The van der Waals surface area contributed by atoms with Gasteiger partial charge in [0.1, 0.15) is 5.75 Å². The standard InChI is InChI=1S/C15H16BrClN2O/c1-9-5-10(7-11(16)6-9)15(19-18)13-8-12(17)3-4-14(13)20-2/h3-8,15,19H,18H2,1-2H3. The average Bonchev–Trinajstić information content (AvgIpc) is 2.39. The van der Waals surface area contributed by atoms with E-state index in [1.807, 2.05) is 31.2 Å². The average molecular weight is 356 g/mol. The monoisotopic (exact) mass is 354 g/mol. The Morgan fingerprint density at radius 1 is 1.25 bits per heavy atom. The molecule has 20 heavy (non-hydrogen) atoms. The van der Waals surface area contributed by atoms with Gasteiger partial charge in [-0.05, 0) is 48.4 Å². The van der Waals surface area contributed by atoms with Gasteiger partial charge in [-0.3, -0.25) is 5.84 Å². The Hall–Kier alpha value is -1.07. The van der Waals surface area contributed by atoms with E-state index in [2.05, 4.69) is 27.4 Å². The number of aryl methyl sites for hydroxylation is 1. The van der Waals surface area contributed by atoms with Crippen LogP contribution in [0.2, 0.25) is 5.02 Å². The Kier molecular flexibility index (Phi) is 5.05. The molecule has 1 unspecified atom stereocenters. The number of nitrogens with two attached hydrogens (primary N) is 1. The van der Waals surface area contributed by atoms with E-state index in [0.717, 1.165) is 26.9 Å². The number of methoxy groups -OCH3 is 1. The second-order valence-corrected chi connectivity index (χ2v) is 5.90. The molecule has 2 aromatic rings. The third-order valence-corrected chi connectivity index (χ3v) is 3.76. The summed E-state index contributed by atoms with van der Waals surface area (Å²) >= 11 is 9.60. The zero-order valence-electron chi connectivity index (χ0n) is 11.3. The maximum atomic E-state index is 6.09. The Bertz CT molecular complexity index is 599. The Labute approximate surface area is 132 Å². The highest BCUT2D eigenvalue weighted by Crippen LogP contribution is 2.33. The molecule has 0 amide bonds. The van der Waals surface area contributed by atoms with Crippen LogP contribution in [0, 0.1) is 6.92 Å². The molecule has 2 aromatic carbocycles. The van der Waals surface area contributed by atoms with Crippen molar-refractivity contribution in [3.8, 4) is 5.75 Å². The fourth-order valence-electron chi connectivity index (χ4n) is 2.23. The Balaban J connectivity index is 2.54. The van der Waals surface area contributed by atoms with Crippen LogP contribution in [-0.4, -0.2) is 7.11 Å². The molecule has 0 heterocycles. The summed E-state index contributed by atoms with van der Waals surface area (Å²) in [5, 5.41) is 0.646. The van der Waals surface area contributed by atoms with Gasteiger partial charge in [-0.1, -0.05) is 33.6 Å². The van der Waals surface area contributed by atoms with Gasteiger partial charge >= 0.3 is 0 Å². The minimum atomic E-state index is -0.195. The molecule has 0 bridgehead atoms. The van der Waals surface area contributed by atoms with E-state index < -0.39 is 0 Å². The third kappa shape index (κ3) is 3.33. The Morgan fingerprint density at radius 2 is 2.00 bits per heavy atom. The van der Waals surface area contributed by atoms with Gasteiger partial charge in [0, 0.05) is 15.1 Å². The van der Waals surface area contributed by atoms with Gasteiger partial charge in [-0.25, -0.2) is 5.43 Å². The molecule has 1 atom stereocenters. The summed E-state index contributed by atoms with van der Waals surface area (Å²) in [6, 6.07) is 11.5. The molecule has 0 fully saturated rings. The molecule has 0 aliphatic carbocycles. The number of nitrogens with one attached hydrogen (secondary N) is 1. The summed E-state index contributed by atoms with van der Waals surface area (Å²) in [6.45, 7) is 2.04. The molecular formula is C15H16BrClN2O. The minimum absolute atomic E-state index is 0.195. The molecule has 0 aliphatic heterocycles. The summed E-state index contributed by atoms with van der Waals surface area (Å²) < 4.78 is 6.41. The van der Waals surface area contributed by atoms with Crippen LogP contribution >= 0.6 is 27.5 Å². The van der Waals surface area contributed by atoms with Crippen molar-refractivity contribution in [2.45, 2.75) is 13.0 Å². The maximum Gasteiger partial charge on any atom is 0.124 e. The number of benzene rings is 2. The molecule has 0 spiro atoms. The van der Waals surface area contributed by atoms with Gasteiger partial charge in [0.15, 0.2) is 0 Å². The van der Waals surface area contributed by atoms with E-state index >= 15 is 0 Å². The van der Waals surface area contributed by atoms with Gasteiger partial charge in [0.25, 0.3) is 0 Å². The highest BCUT2D eigenvalue weighted by Gasteiger charge is 2.18. The van der Waals surface area contributed by atoms with Crippen molar-refractivity contribution in [2.24, 2.45) is 5.84 Å². The largest absolute Gasteiger partial charge is 0.496 e. The predicted molar refractivity (Wildman–Crippen MR) is 86.0 cm³/mol. The maximum absolute atomic E-state index is 6.09. The van der Waals surface area contributed by atoms with Gasteiger partial charge < -0.3 is 4.74 Å². The summed E-state index contributed by atoms with van der Waals surface area (Å²) in [5.74, 6) is 6.49. The second kappa shape index (κ2) is 6.59. The fraction of sp³-hybridized carbons (Fsp3) is 0.200. The first-order valence-corrected chi connectivity index (χ1v) is 7.29. The molecule has 0 saturated carbocycles. The van der Waals surface area contributed by atoms with Gasteiger partial charge in [0.2, 0.25) is 0 Å². The van der Waals surface area contributed by atoms with E-state index in [1.165, 1.54) is 0 Å². The van der Waals surface area contributed by atoms with Crippen molar-refractivity contribution in [1.29, 1.82) is 0 Å². The SMILES string of the molecule is COc1ccc(Cl)cc1C(NN)c1cc(C)cc(Br)c1. The van der Waals surface area contributed by atoms with Crippen molar-refractivity contribution in [2.75, 3.05) is 7.11 Å². The molecule has 2 rings (SSSR count). The van der Waals surface area contributed by atoms with Crippen LogP contribution in [-0.2, 0) is 0 Å². The molecule has 3 nitrogen and oxygen atoms in total. The minimum Gasteiger partial charge on any atom is -0.496 e. The Morgan fingerprint density at radius 3 is 2.60 bits per heavy atom. The lowest BCUT2D eigenvalue weighted by molar-refractivity contribution is 0.404. The van der Waals surface area contributed by atoms with Crippen molar-refractivity contribution in [3.63, 3.8) is 0 Å². The third-order valence-electron chi connectivity index (χ3n) is 3.07. The smallest absolute Gasteiger partial charge is 0.124 e. The van der Waals surface area contributed by atoms with Crippen LogP contribution in [0.1, 0.15) is 22.7 Å². The lowest BCUT2D eigenvalue weighted by Crippen LogP contribution is -2.29. The second-order valence-electron chi connectivity index (χ2n) is 4.55. The quantitative estimate of drug-likeness (QED) is 0.644. The number of hydrogen-bond acceptors (Lipinski definition) is 3. The van der Waals surface area contributed by atoms with Crippen LogP contribution in [0.4, 0.5) is 0 Å². The number of hydrogen-bond donors (Lipinski definition) is 2. The number of rotatable bonds is 4. The van der Waals surface area contributed by atoms with E-state index in [-0.39, 0.29) is 6.04 Å². The van der Waals surface area contributed by atoms with Gasteiger partial charge in [0.05, 0.1) is 13.2 Å². The summed E-state index contributed by atoms with van der Waals surface area (Å²) in [7, 11) is 1.63. The number of halogens is 2. The zero-order valence-corrected chi connectivity index (χ0v) is 13.6. The van der Waals surface area contributed by atoms with Crippen molar-refractivity contribution < 1.29 is 4.74 Å². The zero-order chi connectivity index (χ0) is 14.7.